The number of imide groups is 1. The Hall–Kier alpha value is -2.57. The molecule has 3 amide bonds. The Kier molecular flexibility index (Phi) is 3.04. The lowest BCUT2D eigenvalue weighted by Crippen LogP contribution is -2.52. The van der Waals surface area contributed by atoms with Crippen molar-refractivity contribution < 1.29 is 24.2 Å². The van der Waals surface area contributed by atoms with Gasteiger partial charge in [0.2, 0.25) is 11.8 Å². The average molecular weight is 290 g/mol. The Balaban J connectivity index is 1.94. The lowest BCUT2D eigenvalue weighted by Gasteiger charge is -2.29. The van der Waals surface area contributed by atoms with E-state index in [0.29, 0.717) is 17.5 Å². The van der Waals surface area contributed by atoms with E-state index in [1.165, 1.54) is 24.1 Å². The molecule has 3 rings (SSSR count). The van der Waals surface area contributed by atoms with E-state index in [1.807, 2.05) is 0 Å². The molecule has 2 heterocycles. The quantitative estimate of drug-likeness (QED) is 0.756. The Bertz CT molecular complexity index is 655. The highest BCUT2D eigenvalue weighted by atomic mass is 16.5. The number of aromatic hydroxyl groups is 1. The SMILES string of the molecule is COc1cc(O)cc2c1C(=O)N(C1CCC(=O)NC1=O)C2. The van der Waals surface area contributed by atoms with E-state index in [9.17, 15) is 19.5 Å². The number of ether oxygens (including phenoxy) is 1. The lowest BCUT2D eigenvalue weighted by atomic mass is 10.0. The molecule has 1 aromatic carbocycles. The van der Waals surface area contributed by atoms with Crippen molar-refractivity contribution in [2.24, 2.45) is 0 Å². The zero-order valence-corrected chi connectivity index (χ0v) is 11.4. The Morgan fingerprint density at radius 3 is 2.76 bits per heavy atom. The number of amides is 3. The summed E-state index contributed by atoms with van der Waals surface area (Å²) < 4.78 is 5.13. The number of phenols is 1. The predicted octanol–water partition coefficient (Wildman–Crippen LogP) is 0.162. The summed E-state index contributed by atoms with van der Waals surface area (Å²) in [6.07, 6.45) is 0.512. The van der Waals surface area contributed by atoms with Gasteiger partial charge in [-0.1, -0.05) is 0 Å². The fourth-order valence-electron chi connectivity index (χ4n) is 2.82. The number of piperidine rings is 1. The molecule has 21 heavy (non-hydrogen) atoms. The maximum absolute atomic E-state index is 12.5. The molecule has 2 aliphatic heterocycles. The van der Waals surface area contributed by atoms with Crippen LogP contribution in [0, 0.1) is 0 Å². The number of phenolic OH excluding ortho intramolecular Hbond substituents is 1. The number of rotatable bonds is 2. The van der Waals surface area contributed by atoms with Crippen LogP contribution in [0.3, 0.4) is 0 Å². The molecule has 1 fully saturated rings. The van der Waals surface area contributed by atoms with Crippen molar-refractivity contribution in [1.82, 2.24) is 10.2 Å². The first-order valence-electron chi connectivity index (χ1n) is 6.56. The largest absolute Gasteiger partial charge is 0.508 e. The molecule has 1 unspecified atom stereocenters. The first-order chi connectivity index (χ1) is 10.0. The summed E-state index contributed by atoms with van der Waals surface area (Å²) in [6.45, 7) is 0.213. The van der Waals surface area contributed by atoms with Gasteiger partial charge in [-0.25, -0.2) is 0 Å². The number of benzene rings is 1. The summed E-state index contributed by atoms with van der Waals surface area (Å²) in [4.78, 5) is 37.0. The second kappa shape index (κ2) is 4.76. The number of hydrogen-bond acceptors (Lipinski definition) is 5. The van der Waals surface area contributed by atoms with Crippen LogP contribution in [0.25, 0.3) is 0 Å². The monoisotopic (exact) mass is 290 g/mol. The molecule has 7 heteroatoms. The molecule has 2 N–H and O–H groups in total. The minimum absolute atomic E-state index is 0.00326. The summed E-state index contributed by atoms with van der Waals surface area (Å²) in [5.41, 5.74) is 0.974. The van der Waals surface area contributed by atoms with Gasteiger partial charge in [-0.2, -0.15) is 0 Å². The van der Waals surface area contributed by atoms with Crippen molar-refractivity contribution in [3.8, 4) is 11.5 Å². The molecule has 0 saturated carbocycles. The third-order valence-corrected chi connectivity index (χ3v) is 3.79. The number of nitrogens with zero attached hydrogens (tertiary/aromatic N) is 1. The first kappa shape index (κ1) is 13.4. The zero-order valence-electron chi connectivity index (χ0n) is 11.4. The molecular weight excluding hydrogens is 276 g/mol. The third-order valence-electron chi connectivity index (χ3n) is 3.79. The molecule has 0 spiro atoms. The molecule has 2 aliphatic rings. The number of hydrogen-bond donors (Lipinski definition) is 2. The minimum Gasteiger partial charge on any atom is -0.508 e. The predicted molar refractivity (Wildman–Crippen MR) is 70.7 cm³/mol. The zero-order chi connectivity index (χ0) is 15.1. The molecule has 1 aromatic rings. The van der Waals surface area contributed by atoms with Gasteiger partial charge in [0.05, 0.1) is 12.7 Å². The summed E-state index contributed by atoms with van der Waals surface area (Å²) >= 11 is 0. The van der Waals surface area contributed by atoms with Gasteiger partial charge in [0.1, 0.15) is 17.5 Å². The van der Waals surface area contributed by atoms with Gasteiger partial charge in [0.25, 0.3) is 5.91 Å². The van der Waals surface area contributed by atoms with E-state index < -0.39 is 11.9 Å². The molecule has 0 radical (unpaired) electrons. The minimum atomic E-state index is -0.672. The standard InChI is InChI=1S/C14H14N2O5/c1-21-10-5-8(17)4-7-6-16(14(20)12(7)10)9-2-3-11(18)15-13(9)19/h4-5,9,17H,2-3,6H2,1H3,(H,15,18,19). The van der Waals surface area contributed by atoms with Crippen molar-refractivity contribution in [1.29, 1.82) is 0 Å². The Labute approximate surface area is 120 Å². The van der Waals surface area contributed by atoms with E-state index in [-0.39, 0.29) is 36.3 Å². The number of nitrogens with one attached hydrogen (secondary N) is 1. The molecule has 110 valence electrons. The van der Waals surface area contributed by atoms with Crippen LogP contribution in [0.15, 0.2) is 12.1 Å². The highest BCUT2D eigenvalue weighted by Gasteiger charge is 2.40. The molecule has 7 nitrogen and oxygen atoms in total. The maximum Gasteiger partial charge on any atom is 0.258 e. The summed E-state index contributed by atoms with van der Waals surface area (Å²) in [5, 5.41) is 11.9. The van der Waals surface area contributed by atoms with Crippen molar-refractivity contribution in [3.63, 3.8) is 0 Å². The normalized spacial score (nSPS) is 21.3. The fraction of sp³-hybridized carbons (Fsp3) is 0.357. The molecule has 1 saturated heterocycles. The second-order valence-corrected chi connectivity index (χ2v) is 5.08. The molecule has 0 bridgehead atoms. The molecule has 0 aromatic heterocycles. The smallest absolute Gasteiger partial charge is 0.258 e. The van der Waals surface area contributed by atoms with Crippen LogP contribution >= 0.6 is 0 Å². The van der Waals surface area contributed by atoms with Crippen LogP contribution in [0.2, 0.25) is 0 Å². The third kappa shape index (κ3) is 2.10. The van der Waals surface area contributed by atoms with Gasteiger partial charge in [-0.05, 0) is 18.1 Å². The van der Waals surface area contributed by atoms with Gasteiger partial charge in [-0.3, -0.25) is 19.7 Å². The molecule has 0 aliphatic carbocycles. The van der Waals surface area contributed by atoms with Crippen LogP contribution in [0.1, 0.15) is 28.8 Å². The van der Waals surface area contributed by atoms with Crippen LogP contribution in [-0.2, 0) is 16.1 Å². The second-order valence-electron chi connectivity index (χ2n) is 5.08. The lowest BCUT2D eigenvalue weighted by molar-refractivity contribution is -0.136. The summed E-state index contributed by atoms with van der Waals surface area (Å²) in [7, 11) is 1.41. The number of carbonyl (C=O) groups is 3. The molecule has 1 atom stereocenters. The highest BCUT2D eigenvalue weighted by molar-refractivity contribution is 6.06. The Morgan fingerprint density at radius 2 is 2.10 bits per heavy atom. The van der Waals surface area contributed by atoms with Crippen LogP contribution < -0.4 is 10.1 Å². The topological polar surface area (TPSA) is 95.9 Å². The van der Waals surface area contributed by atoms with Crippen molar-refractivity contribution in [2.45, 2.75) is 25.4 Å². The van der Waals surface area contributed by atoms with Crippen molar-refractivity contribution in [3.05, 3.63) is 23.3 Å². The Morgan fingerprint density at radius 1 is 1.33 bits per heavy atom. The van der Waals surface area contributed by atoms with Crippen molar-refractivity contribution in [2.75, 3.05) is 7.11 Å². The summed E-state index contributed by atoms with van der Waals surface area (Å²) in [6, 6.07) is 2.18. The fourth-order valence-corrected chi connectivity index (χ4v) is 2.82. The summed E-state index contributed by atoms with van der Waals surface area (Å²) in [5.74, 6) is -0.823. The number of fused-ring (bicyclic) bond motifs is 1. The first-order valence-corrected chi connectivity index (χ1v) is 6.56. The van der Waals surface area contributed by atoms with Gasteiger partial charge in [0.15, 0.2) is 0 Å². The van der Waals surface area contributed by atoms with Crippen LogP contribution in [0.4, 0.5) is 0 Å². The van der Waals surface area contributed by atoms with Gasteiger partial charge in [-0.15, -0.1) is 0 Å². The maximum atomic E-state index is 12.5. The van der Waals surface area contributed by atoms with Gasteiger partial charge in [0, 0.05) is 19.0 Å². The van der Waals surface area contributed by atoms with E-state index in [4.69, 9.17) is 4.74 Å². The van der Waals surface area contributed by atoms with E-state index in [1.54, 1.807) is 0 Å². The number of carbonyl (C=O) groups excluding carboxylic acids is 3. The number of methoxy groups -OCH3 is 1. The van der Waals surface area contributed by atoms with Crippen LogP contribution in [-0.4, -0.2) is 40.9 Å². The van der Waals surface area contributed by atoms with E-state index >= 15 is 0 Å². The van der Waals surface area contributed by atoms with Gasteiger partial charge < -0.3 is 14.7 Å². The van der Waals surface area contributed by atoms with E-state index in [0.717, 1.165) is 0 Å². The molecular formula is C14H14N2O5. The highest BCUT2D eigenvalue weighted by Crippen LogP contribution is 2.36. The van der Waals surface area contributed by atoms with Crippen molar-refractivity contribution >= 4 is 17.7 Å². The van der Waals surface area contributed by atoms with Gasteiger partial charge >= 0.3 is 0 Å². The average Bonchev–Trinajstić information content (AvgIpc) is 2.75. The van der Waals surface area contributed by atoms with E-state index in [2.05, 4.69) is 5.32 Å². The van der Waals surface area contributed by atoms with Crippen LogP contribution in [0.5, 0.6) is 11.5 Å².